The van der Waals surface area contributed by atoms with Crippen LogP contribution in [0.2, 0.25) is 0 Å². The van der Waals surface area contributed by atoms with Crippen LogP contribution < -0.4 is 5.32 Å². The first-order chi connectivity index (χ1) is 16.7. The molecule has 0 amide bonds. The van der Waals surface area contributed by atoms with Gasteiger partial charge in [-0.3, -0.25) is 9.59 Å². The third-order valence-electron chi connectivity index (χ3n) is 10.8. The SMILES string of the molecule is COC(=O)CCCCNC[C@@H](C)[C@H]1CC[C@H]2C3CC=C4C[C@@H](OC(C)=O)CC[C@]4(C)[C@H]3CC[C@]12C. The third kappa shape index (κ3) is 5.36. The summed E-state index contributed by atoms with van der Waals surface area (Å²) in [4.78, 5) is 22.8. The van der Waals surface area contributed by atoms with E-state index in [4.69, 9.17) is 9.47 Å². The number of carbonyl (C=O) groups excluding carboxylic acids is 2. The monoisotopic (exact) mass is 487 g/mol. The largest absolute Gasteiger partial charge is 0.469 e. The van der Waals surface area contributed by atoms with Gasteiger partial charge in [0.25, 0.3) is 0 Å². The van der Waals surface area contributed by atoms with Gasteiger partial charge in [-0.15, -0.1) is 0 Å². The van der Waals surface area contributed by atoms with E-state index in [2.05, 4.69) is 32.2 Å². The average molecular weight is 488 g/mol. The number of allylic oxidation sites excluding steroid dienone is 1. The van der Waals surface area contributed by atoms with Crippen LogP contribution in [0.25, 0.3) is 0 Å². The molecule has 8 atom stereocenters. The van der Waals surface area contributed by atoms with E-state index in [1.807, 2.05) is 0 Å². The maximum absolute atomic E-state index is 11.5. The fourth-order valence-electron chi connectivity index (χ4n) is 9.03. The quantitative estimate of drug-likeness (QED) is 0.243. The molecule has 3 fully saturated rings. The zero-order chi connectivity index (χ0) is 25.2. The van der Waals surface area contributed by atoms with Crippen molar-refractivity contribution in [3.8, 4) is 0 Å². The zero-order valence-electron chi connectivity index (χ0n) is 22.9. The van der Waals surface area contributed by atoms with Gasteiger partial charge in [0.1, 0.15) is 6.10 Å². The Morgan fingerprint density at radius 1 is 1.11 bits per heavy atom. The van der Waals surface area contributed by atoms with Gasteiger partial charge in [0.2, 0.25) is 0 Å². The van der Waals surface area contributed by atoms with Crippen LogP contribution in [-0.4, -0.2) is 38.2 Å². The molecule has 35 heavy (non-hydrogen) atoms. The number of nitrogens with one attached hydrogen (secondary N) is 1. The minimum atomic E-state index is -0.136. The minimum absolute atomic E-state index is 0.0851. The predicted molar refractivity (Wildman–Crippen MR) is 139 cm³/mol. The smallest absolute Gasteiger partial charge is 0.305 e. The molecule has 1 unspecified atom stereocenters. The summed E-state index contributed by atoms with van der Waals surface area (Å²) in [5.74, 6) is 3.70. The number of carbonyl (C=O) groups is 2. The molecule has 0 radical (unpaired) electrons. The van der Waals surface area contributed by atoms with Crippen molar-refractivity contribution in [2.75, 3.05) is 20.2 Å². The van der Waals surface area contributed by atoms with Gasteiger partial charge in [-0.1, -0.05) is 32.4 Å². The summed E-state index contributed by atoms with van der Waals surface area (Å²) in [6.45, 7) is 11.2. The first-order valence-electron chi connectivity index (χ1n) is 14.3. The highest BCUT2D eigenvalue weighted by Gasteiger charge is 2.59. The Bertz CT molecular complexity index is 808. The summed E-state index contributed by atoms with van der Waals surface area (Å²) >= 11 is 0. The second-order valence-electron chi connectivity index (χ2n) is 12.7. The molecule has 198 valence electrons. The first-order valence-corrected chi connectivity index (χ1v) is 14.3. The van der Waals surface area contributed by atoms with Crippen molar-refractivity contribution in [3.63, 3.8) is 0 Å². The molecule has 4 aliphatic rings. The van der Waals surface area contributed by atoms with Gasteiger partial charge in [0, 0.05) is 19.8 Å². The Kier molecular flexibility index (Phi) is 8.35. The van der Waals surface area contributed by atoms with E-state index in [0.717, 1.165) is 62.4 Å². The Hall–Kier alpha value is -1.36. The number of fused-ring (bicyclic) bond motifs is 5. The number of rotatable bonds is 9. The zero-order valence-corrected chi connectivity index (χ0v) is 22.9. The molecule has 0 bridgehead atoms. The molecule has 1 N–H and O–H groups in total. The summed E-state index contributed by atoms with van der Waals surface area (Å²) in [6, 6.07) is 0. The number of ether oxygens (including phenoxy) is 2. The highest BCUT2D eigenvalue weighted by atomic mass is 16.5. The van der Waals surface area contributed by atoms with Crippen LogP contribution in [-0.2, 0) is 19.1 Å². The molecule has 4 rings (SSSR count). The van der Waals surface area contributed by atoms with Crippen LogP contribution in [0.4, 0.5) is 0 Å². The summed E-state index contributed by atoms with van der Waals surface area (Å²) in [7, 11) is 1.46. The molecule has 0 aliphatic heterocycles. The van der Waals surface area contributed by atoms with Gasteiger partial charge in [-0.2, -0.15) is 0 Å². The summed E-state index contributed by atoms with van der Waals surface area (Å²) in [6.07, 6.45) is 14.9. The van der Waals surface area contributed by atoms with Crippen LogP contribution in [0.1, 0.15) is 98.3 Å². The molecule has 4 aliphatic carbocycles. The highest BCUT2D eigenvalue weighted by Crippen LogP contribution is 2.67. The predicted octanol–water partition coefficient (Wildman–Crippen LogP) is 6.07. The van der Waals surface area contributed by atoms with Crippen LogP contribution in [0.15, 0.2) is 11.6 Å². The summed E-state index contributed by atoms with van der Waals surface area (Å²) in [5, 5.41) is 3.69. The topological polar surface area (TPSA) is 64.6 Å². The Morgan fingerprint density at radius 2 is 1.91 bits per heavy atom. The minimum Gasteiger partial charge on any atom is -0.469 e. The maximum Gasteiger partial charge on any atom is 0.305 e. The van der Waals surface area contributed by atoms with Crippen molar-refractivity contribution < 1.29 is 19.1 Å². The lowest BCUT2D eigenvalue weighted by molar-refractivity contribution is -0.148. The molecule has 5 heteroatoms. The van der Waals surface area contributed by atoms with Crippen molar-refractivity contribution >= 4 is 11.9 Å². The fourth-order valence-corrected chi connectivity index (χ4v) is 9.03. The van der Waals surface area contributed by atoms with Gasteiger partial charge in [-0.25, -0.2) is 0 Å². The van der Waals surface area contributed by atoms with Crippen molar-refractivity contribution in [1.29, 1.82) is 0 Å². The second kappa shape index (κ2) is 10.9. The highest BCUT2D eigenvalue weighted by molar-refractivity contribution is 5.69. The molecular formula is C30H49NO4. The first kappa shape index (κ1) is 26.7. The molecule has 0 heterocycles. The Balaban J connectivity index is 1.34. The lowest BCUT2D eigenvalue weighted by Crippen LogP contribution is -2.51. The Morgan fingerprint density at radius 3 is 2.66 bits per heavy atom. The van der Waals surface area contributed by atoms with E-state index in [0.29, 0.717) is 23.2 Å². The van der Waals surface area contributed by atoms with Crippen molar-refractivity contribution in [2.24, 2.45) is 40.4 Å². The fraction of sp³-hybridized carbons (Fsp3) is 0.867. The molecule has 0 aromatic carbocycles. The number of hydrogen-bond acceptors (Lipinski definition) is 5. The number of methoxy groups -OCH3 is 1. The van der Waals surface area contributed by atoms with Gasteiger partial charge in [0.05, 0.1) is 7.11 Å². The third-order valence-corrected chi connectivity index (χ3v) is 10.8. The number of unbranched alkanes of at least 4 members (excludes halogenated alkanes) is 1. The van der Waals surface area contributed by atoms with Crippen molar-refractivity contribution in [3.05, 3.63) is 11.6 Å². The van der Waals surface area contributed by atoms with Crippen LogP contribution >= 0.6 is 0 Å². The van der Waals surface area contributed by atoms with Gasteiger partial charge < -0.3 is 14.8 Å². The molecular weight excluding hydrogens is 438 g/mol. The number of hydrogen-bond donors (Lipinski definition) is 1. The lowest BCUT2D eigenvalue weighted by atomic mass is 9.47. The molecule has 0 aromatic heterocycles. The van der Waals surface area contributed by atoms with Crippen molar-refractivity contribution in [2.45, 2.75) is 104 Å². The standard InChI is InChI=1S/C30H49NO4/c1-20(19-31-17-7-6-8-28(33)34-5)25-11-12-26-24-10-9-22-18-23(35-21(2)32)13-15-29(22,3)27(24)14-16-30(25,26)4/h9,20,23-27,31H,6-8,10-19H2,1-5H3/t20-,23+,24?,25-,26+,27+,29+,30-/m1/s1. The molecule has 0 saturated heterocycles. The van der Waals surface area contributed by atoms with E-state index < -0.39 is 0 Å². The molecule has 5 nitrogen and oxygen atoms in total. The van der Waals surface area contributed by atoms with Crippen LogP contribution in [0.5, 0.6) is 0 Å². The average Bonchev–Trinajstić information content (AvgIpc) is 3.18. The van der Waals surface area contributed by atoms with Gasteiger partial charge >= 0.3 is 11.9 Å². The normalized spacial score (nSPS) is 39.0. The Labute approximate surface area is 213 Å². The second-order valence-corrected chi connectivity index (χ2v) is 12.7. The van der Waals surface area contributed by atoms with E-state index in [-0.39, 0.29) is 18.0 Å². The maximum atomic E-state index is 11.5. The summed E-state index contributed by atoms with van der Waals surface area (Å²) < 4.78 is 10.3. The van der Waals surface area contributed by atoms with E-state index in [1.165, 1.54) is 45.6 Å². The van der Waals surface area contributed by atoms with Crippen molar-refractivity contribution in [1.82, 2.24) is 5.32 Å². The number of esters is 2. The lowest BCUT2D eigenvalue weighted by Gasteiger charge is -2.58. The van der Waals surface area contributed by atoms with E-state index in [1.54, 1.807) is 12.5 Å². The summed E-state index contributed by atoms with van der Waals surface area (Å²) in [5.41, 5.74) is 2.35. The van der Waals surface area contributed by atoms with Gasteiger partial charge in [0.15, 0.2) is 0 Å². The van der Waals surface area contributed by atoms with E-state index in [9.17, 15) is 9.59 Å². The molecule has 0 aromatic rings. The van der Waals surface area contributed by atoms with Gasteiger partial charge in [-0.05, 0) is 111 Å². The van der Waals surface area contributed by atoms with Crippen LogP contribution in [0, 0.1) is 40.4 Å². The molecule has 0 spiro atoms. The van der Waals surface area contributed by atoms with Crippen LogP contribution in [0.3, 0.4) is 0 Å². The van der Waals surface area contributed by atoms with E-state index >= 15 is 0 Å². The molecule has 3 saturated carbocycles.